The second-order valence-electron chi connectivity index (χ2n) is 6.77. The maximum atomic E-state index is 12.6. The zero-order valence-electron chi connectivity index (χ0n) is 12.0. The molecule has 2 N–H and O–H groups in total. The topological polar surface area (TPSA) is 69.6 Å². The Morgan fingerprint density at radius 1 is 1.20 bits per heavy atom. The van der Waals surface area contributed by atoms with Crippen LogP contribution in [0.5, 0.6) is 0 Å². The van der Waals surface area contributed by atoms with Crippen LogP contribution in [0.1, 0.15) is 39.0 Å². The first kappa shape index (κ1) is 13.9. The zero-order valence-corrected chi connectivity index (χ0v) is 12.0. The van der Waals surface area contributed by atoms with Crippen LogP contribution in [0, 0.1) is 17.8 Å². The minimum Gasteiger partial charge on any atom is -0.481 e. The van der Waals surface area contributed by atoms with Crippen molar-refractivity contribution in [3.8, 4) is 0 Å². The number of carboxylic acid groups (broad SMARTS) is 1. The van der Waals surface area contributed by atoms with Crippen molar-refractivity contribution in [3.05, 3.63) is 0 Å². The molecule has 1 saturated carbocycles. The van der Waals surface area contributed by atoms with Crippen molar-refractivity contribution in [1.29, 1.82) is 0 Å². The van der Waals surface area contributed by atoms with Crippen LogP contribution in [0.25, 0.3) is 0 Å². The molecular weight excluding hydrogens is 256 g/mol. The molecule has 0 aromatic rings. The molecule has 5 atom stereocenters. The molecule has 3 fully saturated rings. The van der Waals surface area contributed by atoms with Crippen LogP contribution in [0.3, 0.4) is 0 Å². The molecule has 112 valence electrons. The number of amides is 1. The van der Waals surface area contributed by atoms with Gasteiger partial charge in [0.1, 0.15) is 0 Å². The molecule has 3 rings (SSSR count). The Hall–Kier alpha value is -1.10. The Bertz CT molecular complexity index is 398. The number of carbonyl (C=O) groups is 2. The number of rotatable bonds is 2. The maximum Gasteiger partial charge on any atom is 0.308 e. The normalized spacial score (nSPS) is 40.6. The van der Waals surface area contributed by atoms with Gasteiger partial charge in [0.15, 0.2) is 0 Å². The number of hydrogen-bond donors (Lipinski definition) is 2. The van der Waals surface area contributed by atoms with Gasteiger partial charge in [0.25, 0.3) is 0 Å². The number of nitrogens with one attached hydrogen (secondary N) is 1. The monoisotopic (exact) mass is 280 g/mol. The molecule has 5 heteroatoms. The van der Waals surface area contributed by atoms with Crippen LogP contribution in [0.15, 0.2) is 0 Å². The van der Waals surface area contributed by atoms with Crippen molar-refractivity contribution in [2.75, 3.05) is 13.1 Å². The summed E-state index contributed by atoms with van der Waals surface area (Å²) in [6.45, 7) is 2.89. The molecule has 0 bridgehead atoms. The summed E-state index contributed by atoms with van der Waals surface area (Å²) in [5.41, 5.74) is 0. The van der Waals surface area contributed by atoms with Gasteiger partial charge in [-0.05, 0) is 31.1 Å². The Kier molecular flexibility index (Phi) is 3.71. The highest BCUT2D eigenvalue weighted by molar-refractivity contribution is 5.84. The van der Waals surface area contributed by atoms with Gasteiger partial charge in [0.05, 0.1) is 12.0 Å². The molecule has 2 saturated heterocycles. The molecule has 2 aliphatic heterocycles. The minimum absolute atomic E-state index is 0.0557. The second-order valence-corrected chi connectivity index (χ2v) is 6.77. The minimum atomic E-state index is -0.777. The zero-order chi connectivity index (χ0) is 14.3. The number of hydrogen-bond acceptors (Lipinski definition) is 3. The van der Waals surface area contributed by atoms with Crippen LogP contribution in [0.4, 0.5) is 0 Å². The SMILES string of the molecule is CC1CN(C(=O)C2CC3CCCCC3N2)CC1C(=O)O. The molecule has 1 aliphatic carbocycles. The van der Waals surface area contributed by atoms with E-state index in [1.165, 1.54) is 25.7 Å². The number of aliphatic carboxylic acids is 1. The lowest BCUT2D eigenvalue weighted by molar-refractivity contribution is -0.142. The van der Waals surface area contributed by atoms with Gasteiger partial charge < -0.3 is 15.3 Å². The highest BCUT2D eigenvalue weighted by Crippen LogP contribution is 2.34. The fourth-order valence-electron chi connectivity index (χ4n) is 4.20. The van der Waals surface area contributed by atoms with Gasteiger partial charge in [-0.3, -0.25) is 9.59 Å². The molecule has 0 aromatic carbocycles. The third kappa shape index (κ3) is 2.43. The number of nitrogens with zero attached hydrogens (tertiary/aromatic N) is 1. The van der Waals surface area contributed by atoms with Crippen LogP contribution in [-0.4, -0.2) is 47.1 Å². The van der Waals surface area contributed by atoms with E-state index in [1.54, 1.807) is 4.90 Å². The van der Waals surface area contributed by atoms with E-state index >= 15 is 0 Å². The third-order valence-corrected chi connectivity index (χ3v) is 5.40. The largest absolute Gasteiger partial charge is 0.481 e. The predicted octanol–water partition coefficient (Wildman–Crippen LogP) is 1.09. The molecule has 5 nitrogen and oxygen atoms in total. The smallest absolute Gasteiger partial charge is 0.308 e. The van der Waals surface area contributed by atoms with Gasteiger partial charge in [-0.25, -0.2) is 0 Å². The van der Waals surface area contributed by atoms with E-state index in [4.69, 9.17) is 5.11 Å². The summed E-state index contributed by atoms with van der Waals surface area (Å²) < 4.78 is 0. The van der Waals surface area contributed by atoms with Crippen molar-refractivity contribution in [3.63, 3.8) is 0 Å². The van der Waals surface area contributed by atoms with Gasteiger partial charge in [-0.15, -0.1) is 0 Å². The number of likely N-dealkylation sites (tertiary alicyclic amines) is 1. The van der Waals surface area contributed by atoms with Crippen LogP contribution >= 0.6 is 0 Å². The molecule has 0 radical (unpaired) electrons. The predicted molar refractivity (Wildman–Crippen MR) is 74.2 cm³/mol. The van der Waals surface area contributed by atoms with Crippen molar-refractivity contribution in [1.82, 2.24) is 10.2 Å². The molecule has 0 spiro atoms. The highest BCUT2D eigenvalue weighted by atomic mass is 16.4. The van der Waals surface area contributed by atoms with Gasteiger partial charge in [-0.1, -0.05) is 19.8 Å². The third-order valence-electron chi connectivity index (χ3n) is 5.40. The Morgan fingerprint density at radius 2 is 1.95 bits per heavy atom. The van der Waals surface area contributed by atoms with Crippen LogP contribution in [-0.2, 0) is 9.59 Å². The Labute approximate surface area is 119 Å². The van der Waals surface area contributed by atoms with E-state index in [0.29, 0.717) is 25.0 Å². The first-order chi connectivity index (χ1) is 9.56. The molecule has 0 aromatic heterocycles. The summed E-state index contributed by atoms with van der Waals surface area (Å²) in [7, 11) is 0. The first-order valence-corrected chi connectivity index (χ1v) is 7.84. The van der Waals surface area contributed by atoms with Crippen molar-refractivity contribution in [2.24, 2.45) is 17.8 Å². The van der Waals surface area contributed by atoms with Crippen LogP contribution < -0.4 is 5.32 Å². The van der Waals surface area contributed by atoms with E-state index in [1.807, 2.05) is 6.92 Å². The van der Waals surface area contributed by atoms with Gasteiger partial charge >= 0.3 is 5.97 Å². The Morgan fingerprint density at radius 3 is 2.60 bits per heavy atom. The summed E-state index contributed by atoms with van der Waals surface area (Å²) in [5, 5.41) is 12.7. The fourth-order valence-corrected chi connectivity index (χ4v) is 4.20. The van der Waals surface area contributed by atoms with Crippen molar-refractivity contribution < 1.29 is 14.7 Å². The highest BCUT2D eigenvalue weighted by Gasteiger charge is 2.43. The summed E-state index contributed by atoms with van der Waals surface area (Å²) in [5.74, 6) is -0.355. The number of carbonyl (C=O) groups excluding carboxylic acids is 1. The average Bonchev–Trinajstić information content (AvgIpc) is 3.01. The average molecular weight is 280 g/mol. The van der Waals surface area contributed by atoms with E-state index < -0.39 is 11.9 Å². The van der Waals surface area contributed by atoms with E-state index in [2.05, 4.69) is 5.32 Å². The molecule has 5 unspecified atom stereocenters. The van der Waals surface area contributed by atoms with Crippen molar-refractivity contribution >= 4 is 11.9 Å². The summed E-state index contributed by atoms with van der Waals surface area (Å²) in [6.07, 6.45) is 5.90. The molecule has 1 amide bonds. The lowest BCUT2D eigenvalue weighted by Gasteiger charge is -2.24. The Balaban J connectivity index is 1.61. The molecule has 3 aliphatic rings. The van der Waals surface area contributed by atoms with Gasteiger partial charge in [0, 0.05) is 19.1 Å². The summed E-state index contributed by atoms with van der Waals surface area (Å²) in [6, 6.07) is 0.427. The van der Waals surface area contributed by atoms with Crippen LogP contribution in [0.2, 0.25) is 0 Å². The summed E-state index contributed by atoms with van der Waals surface area (Å²) >= 11 is 0. The lowest BCUT2D eigenvalue weighted by atomic mass is 9.85. The van der Waals surface area contributed by atoms with E-state index in [9.17, 15) is 9.59 Å². The van der Waals surface area contributed by atoms with Gasteiger partial charge in [-0.2, -0.15) is 0 Å². The number of carboxylic acids is 1. The maximum absolute atomic E-state index is 12.6. The molecule has 2 heterocycles. The second kappa shape index (κ2) is 5.35. The lowest BCUT2D eigenvalue weighted by Crippen LogP contribution is -2.45. The van der Waals surface area contributed by atoms with Crippen molar-refractivity contribution in [2.45, 2.75) is 51.1 Å². The summed E-state index contributed by atoms with van der Waals surface area (Å²) in [4.78, 5) is 25.5. The standard InChI is InChI=1S/C15H24N2O3/c1-9-7-17(8-11(9)15(19)20)14(18)13-6-10-4-2-3-5-12(10)16-13/h9-13,16H,2-8H2,1H3,(H,19,20). The fraction of sp³-hybridized carbons (Fsp3) is 0.867. The number of fused-ring (bicyclic) bond motifs is 1. The van der Waals surface area contributed by atoms with E-state index in [0.717, 1.165) is 6.42 Å². The first-order valence-electron chi connectivity index (χ1n) is 7.84. The van der Waals surface area contributed by atoms with Gasteiger partial charge in [0.2, 0.25) is 5.91 Å². The quantitative estimate of drug-likeness (QED) is 0.794. The molecule has 20 heavy (non-hydrogen) atoms. The van der Waals surface area contributed by atoms with E-state index in [-0.39, 0.29) is 17.9 Å². The molecular formula is C15H24N2O3.